The number of sulfonamides is 1. The van der Waals surface area contributed by atoms with Crippen LogP contribution in [0.15, 0.2) is 34.1 Å². The molecule has 1 unspecified atom stereocenters. The van der Waals surface area contributed by atoms with Gasteiger partial charge in [-0.15, -0.1) is 23.1 Å². The Balaban J connectivity index is 1.44. The highest BCUT2D eigenvalue weighted by atomic mass is 32.2. The van der Waals surface area contributed by atoms with Crippen LogP contribution in [-0.4, -0.2) is 50.6 Å². The summed E-state index contributed by atoms with van der Waals surface area (Å²) in [6.45, 7) is 4.82. The first-order valence-electron chi connectivity index (χ1n) is 12.0. The molecule has 2 heterocycles. The fourth-order valence-electron chi connectivity index (χ4n) is 4.73. The zero-order valence-electron chi connectivity index (χ0n) is 20.3. The van der Waals surface area contributed by atoms with Crippen molar-refractivity contribution in [2.45, 2.75) is 55.7 Å². The number of nitrogens with one attached hydrogen (secondary N) is 1. The molecule has 0 spiro atoms. The Bertz CT molecular complexity index is 1180. The van der Waals surface area contributed by atoms with Crippen LogP contribution in [0.3, 0.4) is 0 Å². The van der Waals surface area contributed by atoms with Gasteiger partial charge in [-0.1, -0.05) is 6.92 Å². The van der Waals surface area contributed by atoms with E-state index in [2.05, 4.69) is 12.2 Å². The number of carbonyl (C=O) groups is 2. The van der Waals surface area contributed by atoms with Crippen molar-refractivity contribution < 1.29 is 22.7 Å². The number of hydrogen-bond acceptors (Lipinski definition) is 7. The molecule has 2 aliphatic rings. The molecule has 1 aromatic heterocycles. The van der Waals surface area contributed by atoms with E-state index in [1.807, 2.05) is 6.26 Å². The molecular formula is C25H32N2O5S3. The van der Waals surface area contributed by atoms with E-state index in [0.717, 1.165) is 34.6 Å². The molecule has 4 rings (SSSR count). The van der Waals surface area contributed by atoms with Crippen LogP contribution in [0.25, 0.3) is 0 Å². The number of thioether (sulfide) groups is 1. The summed E-state index contributed by atoms with van der Waals surface area (Å²) in [6.07, 6.45) is 5.54. The number of ether oxygens (including phenoxy) is 1. The van der Waals surface area contributed by atoms with Gasteiger partial charge in [0.15, 0.2) is 0 Å². The molecule has 1 fully saturated rings. The SMILES string of the molecule is CCOC(=O)c1c(NC(=O)C2CCN(S(=O)(=O)c3ccc(SC)cc3)CC2)sc2c1CCC(C)C2. The van der Waals surface area contributed by atoms with Crippen LogP contribution in [0.2, 0.25) is 0 Å². The molecule has 0 radical (unpaired) electrons. The molecule has 1 N–H and O–H groups in total. The lowest BCUT2D eigenvalue weighted by Crippen LogP contribution is -2.41. The number of thiophene rings is 1. The van der Waals surface area contributed by atoms with Gasteiger partial charge >= 0.3 is 5.97 Å². The predicted molar refractivity (Wildman–Crippen MR) is 140 cm³/mol. The second-order valence-corrected chi connectivity index (χ2v) is 13.0. The summed E-state index contributed by atoms with van der Waals surface area (Å²) in [7, 11) is -3.59. The fourth-order valence-corrected chi connectivity index (χ4v) is 8.01. The number of rotatable bonds is 7. The van der Waals surface area contributed by atoms with Crippen molar-refractivity contribution in [3.63, 3.8) is 0 Å². The van der Waals surface area contributed by atoms with E-state index in [1.165, 1.54) is 15.6 Å². The third-order valence-corrected chi connectivity index (χ3v) is 10.6. The minimum absolute atomic E-state index is 0.163. The molecule has 0 saturated carbocycles. The number of nitrogens with zero attached hydrogens (tertiary/aromatic N) is 1. The van der Waals surface area contributed by atoms with Gasteiger partial charge in [-0.25, -0.2) is 13.2 Å². The number of amides is 1. The molecule has 0 bridgehead atoms. The highest BCUT2D eigenvalue weighted by molar-refractivity contribution is 7.98. The summed E-state index contributed by atoms with van der Waals surface area (Å²) >= 11 is 3.04. The Labute approximate surface area is 215 Å². The summed E-state index contributed by atoms with van der Waals surface area (Å²) in [4.78, 5) is 28.3. The molecule has 1 amide bonds. The molecule has 1 aliphatic carbocycles. The van der Waals surface area contributed by atoms with Crippen molar-refractivity contribution in [3.8, 4) is 0 Å². The molecule has 190 valence electrons. The normalized spacial score (nSPS) is 19.2. The minimum Gasteiger partial charge on any atom is -0.462 e. The Kier molecular flexibility index (Phi) is 8.25. The second-order valence-electron chi connectivity index (χ2n) is 9.12. The highest BCUT2D eigenvalue weighted by Gasteiger charge is 2.34. The van der Waals surface area contributed by atoms with E-state index in [0.29, 0.717) is 29.3 Å². The number of hydrogen-bond donors (Lipinski definition) is 1. The molecule has 1 atom stereocenters. The monoisotopic (exact) mass is 536 g/mol. The molecule has 1 saturated heterocycles. The molecule has 1 aromatic carbocycles. The van der Waals surface area contributed by atoms with Crippen molar-refractivity contribution in [3.05, 3.63) is 40.3 Å². The average Bonchev–Trinajstić information content (AvgIpc) is 3.21. The number of anilines is 1. The maximum absolute atomic E-state index is 13.1. The van der Waals surface area contributed by atoms with E-state index in [-0.39, 0.29) is 42.4 Å². The maximum Gasteiger partial charge on any atom is 0.341 e. The summed E-state index contributed by atoms with van der Waals surface area (Å²) in [6, 6.07) is 6.88. The van der Waals surface area contributed by atoms with Crippen molar-refractivity contribution >= 4 is 50.0 Å². The van der Waals surface area contributed by atoms with Gasteiger partial charge in [-0.2, -0.15) is 4.31 Å². The predicted octanol–water partition coefficient (Wildman–Crippen LogP) is 4.81. The van der Waals surface area contributed by atoms with Crippen molar-refractivity contribution in [1.29, 1.82) is 0 Å². The quantitative estimate of drug-likeness (QED) is 0.403. The highest BCUT2D eigenvalue weighted by Crippen LogP contribution is 2.40. The van der Waals surface area contributed by atoms with Crippen LogP contribution >= 0.6 is 23.1 Å². The molecule has 1 aliphatic heterocycles. The van der Waals surface area contributed by atoms with Gasteiger partial charge in [0.2, 0.25) is 15.9 Å². The third-order valence-electron chi connectivity index (χ3n) is 6.75. The Hall–Kier alpha value is -1.88. The van der Waals surface area contributed by atoms with E-state index >= 15 is 0 Å². The standard InChI is InChI=1S/C25H32N2O5S3/c1-4-32-25(29)22-20-10-5-16(2)15-21(20)34-24(22)26-23(28)17-11-13-27(14-12-17)35(30,31)19-8-6-18(33-3)7-9-19/h6-9,16-17H,4-5,10-15H2,1-3H3,(H,26,28). The van der Waals surface area contributed by atoms with Crippen LogP contribution in [0.1, 0.15) is 53.9 Å². The van der Waals surface area contributed by atoms with Crippen molar-refractivity contribution in [2.75, 3.05) is 31.3 Å². The first-order chi connectivity index (χ1) is 16.7. The zero-order chi connectivity index (χ0) is 25.2. The third kappa shape index (κ3) is 5.60. The van der Waals surface area contributed by atoms with Gasteiger partial charge in [0.1, 0.15) is 5.00 Å². The number of piperidine rings is 1. The molecule has 35 heavy (non-hydrogen) atoms. The van der Waals surface area contributed by atoms with E-state index in [9.17, 15) is 18.0 Å². The van der Waals surface area contributed by atoms with Crippen LogP contribution in [0.4, 0.5) is 5.00 Å². The lowest BCUT2D eigenvalue weighted by molar-refractivity contribution is -0.120. The van der Waals surface area contributed by atoms with Crippen LogP contribution in [0.5, 0.6) is 0 Å². The van der Waals surface area contributed by atoms with E-state index in [1.54, 1.807) is 43.0 Å². The van der Waals surface area contributed by atoms with Crippen molar-refractivity contribution in [2.24, 2.45) is 11.8 Å². The summed E-state index contributed by atoms with van der Waals surface area (Å²) in [5.74, 6) is -0.316. The largest absolute Gasteiger partial charge is 0.462 e. The van der Waals surface area contributed by atoms with Gasteiger partial charge < -0.3 is 10.1 Å². The first-order valence-corrected chi connectivity index (χ1v) is 15.5. The van der Waals surface area contributed by atoms with Gasteiger partial charge in [-0.05, 0) is 81.0 Å². The maximum atomic E-state index is 13.1. The lowest BCUT2D eigenvalue weighted by atomic mass is 9.88. The number of fused-ring (bicyclic) bond motifs is 1. The summed E-state index contributed by atoms with van der Waals surface area (Å²) in [5, 5.41) is 3.56. The van der Waals surface area contributed by atoms with Gasteiger partial charge in [-0.3, -0.25) is 4.79 Å². The van der Waals surface area contributed by atoms with Crippen molar-refractivity contribution in [1.82, 2.24) is 4.31 Å². The number of esters is 1. The van der Waals surface area contributed by atoms with Gasteiger partial charge in [0.25, 0.3) is 0 Å². The van der Waals surface area contributed by atoms with E-state index in [4.69, 9.17) is 4.74 Å². The molecule has 10 heteroatoms. The van der Waals surface area contributed by atoms with Crippen LogP contribution in [-0.2, 0) is 32.4 Å². The Morgan fingerprint density at radius 3 is 2.49 bits per heavy atom. The molecular weight excluding hydrogens is 504 g/mol. The summed E-state index contributed by atoms with van der Waals surface area (Å²) < 4.78 is 32.8. The minimum atomic E-state index is -3.59. The Morgan fingerprint density at radius 1 is 1.17 bits per heavy atom. The molecule has 7 nitrogen and oxygen atoms in total. The topological polar surface area (TPSA) is 92.8 Å². The van der Waals surface area contributed by atoms with Gasteiger partial charge in [0, 0.05) is 28.8 Å². The van der Waals surface area contributed by atoms with Crippen LogP contribution < -0.4 is 5.32 Å². The zero-order valence-corrected chi connectivity index (χ0v) is 22.8. The Morgan fingerprint density at radius 2 is 1.86 bits per heavy atom. The van der Waals surface area contributed by atoms with E-state index < -0.39 is 10.0 Å². The number of benzene rings is 1. The fraction of sp³-hybridized carbons (Fsp3) is 0.520. The second kappa shape index (κ2) is 11.0. The lowest BCUT2D eigenvalue weighted by Gasteiger charge is -2.30. The first kappa shape index (κ1) is 26.2. The number of carbonyl (C=O) groups excluding carboxylic acids is 2. The molecule has 2 aromatic rings. The van der Waals surface area contributed by atoms with Crippen LogP contribution in [0, 0.1) is 11.8 Å². The average molecular weight is 537 g/mol. The summed E-state index contributed by atoms with van der Waals surface area (Å²) in [5.41, 5.74) is 1.51. The smallest absolute Gasteiger partial charge is 0.341 e. The van der Waals surface area contributed by atoms with Gasteiger partial charge in [0.05, 0.1) is 17.1 Å².